The zero-order valence-corrected chi connectivity index (χ0v) is 15.4. The average molecular weight is 379 g/mol. The standard InChI is InChI=1S/C15H14N4O2S3/c1-9-5-3-4-6-11(9)19-15(22)24-14(17-19)23-8-13(20)16-12-7-10(2)21-18-12/h3-7H,8H2,1-2H3,(H,16,18,20). The molecule has 0 fully saturated rings. The van der Waals surface area contributed by atoms with E-state index in [1.165, 1.54) is 23.1 Å². The lowest BCUT2D eigenvalue weighted by Crippen LogP contribution is -2.14. The Hall–Kier alpha value is -1.97. The van der Waals surface area contributed by atoms with Crippen LogP contribution in [0, 0.1) is 17.8 Å². The summed E-state index contributed by atoms with van der Waals surface area (Å²) in [7, 11) is 0. The summed E-state index contributed by atoms with van der Waals surface area (Å²) >= 11 is 8.11. The number of thioether (sulfide) groups is 1. The summed E-state index contributed by atoms with van der Waals surface area (Å²) in [5, 5.41) is 10.9. The summed E-state index contributed by atoms with van der Waals surface area (Å²) < 4.78 is 8.04. The van der Waals surface area contributed by atoms with Crippen LogP contribution in [-0.4, -0.2) is 26.6 Å². The monoisotopic (exact) mass is 378 g/mol. The van der Waals surface area contributed by atoms with Crippen LogP contribution in [0.3, 0.4) is 0 Å². The van der Waals surface area contributed by atoms with Crippen molar-refractivity contribution in [2.24, 2.45) is 0 Å². The highest BCUT2D eigenvalue weighted by atomic mass is 32.2. The molecule has 0 saturated carbocycles. The fraction of sp³-hybridized carbons (Fsp3) is 0.200. The number of hydrogen-bond acceptors (Lipinski definition) is 7. The normalized spacial score (nSPS) is 10.8. The van der Waals surface area contributed by atoms with Gasteiger partial charge in [0.1, 0.15) is 5.76 Å². The molecule has 2 heterocycles. The van der Waals surface area contributed by atoms with Crippen molar-refractivity contribution in [3.63, 3.8) is 0 Å². The van der Waals surface area contributed by atoms with Gasteiger partial charge in [-0.1, -0.05) is 46.5 Å². The minimum Gasteiger partial charge on any atom is -0.360 e. The van der Waals surface area contributed by atoms with Gasteiger partial charge in [0.05, 0.1) is 11.4 Å². The zero-order valence-electron chi connectivity index (χ0n) is 13.0. The lowest BCUT2D eigenvalue weighted by atomic mass is 10.2. The number of aryl methyl sites for hydroxylation is 2. The Labute approximate surface area is 151 Å². The molecule has 3 aromatic rings. The maximum absolute atomic E-state index is 11.9. The Balaban J connectivity index is 1.66. The smallest absolute Gasteiger partial charge is 0.236 e. The van der Waals surface area contributed by atoms with E-state index in [1.54, 1.807) is 17.7 Å². The van der Waals surface area contributed by atoms with E-state index in [9.17, 15) is 4.79 Å². The van der Waals surface area contributed by atoms with Gasteiger partial charge in [0, 0.05) is 6.07 Å². The van der Waals surface area contributed by atoms with Crippen LogP contribution in [0.25, 0.3) is 5.69 Å². The zero-order chi connectivity index (χ0) is 17.1. The van der Waals surface area contributed by atoms with Gasteiger partial charge in [-0.15, -0.1) is 5.10 Å². The van der Waals surface area contributed by atoms with Gasteiger partial charge in [-0.2, -0.15) is 0 Å². The molecule has 1 aromatic carbocycles. The van der Waals surface area contributed by atoms with Crippen molar-refractivity contribution in [3.05, 3.63) is 45.6 Å². The first-order valence-corrected chi connectivity index (χ1v) is 9.26. The van der Waals surface area contributed by atoms with Crippen molar-refractivity contribution < 1.29 is 9.32 Å². The number of rotatable bonds is 5. The van der Waals surface area contributed by atoms with Gasteiger partial charge in [0.25, 0.3) is 0 Å². The molecule has 1 amide bonds. The topological polar surface area (TPSA) is 73.0 Å². The largest absolute Gasteiger partial charge is 0.360 e. The molecular weight excluding hydrogens is 364 g/mol. The number of nitrogens with zero attached hydrogens (tertiary/aromatic N) is 3. The van der Waals surface area contributed by atoms with E-state index in [0.717, 1.165) is 15.6 Å². The minimum atomic E-state index is -0.170. The number of aromatic nitrogens is 3. The predicted octanol–water partition coefficient (Wildman–Crippen LogP) is 4.00. The van der Waals surface area contributed by atoms with Gasteiger partial charge in [-0.3, -0.25) is 4.79 Å². The molecular formula is C15H14N4O2S3. The molecule has 0 atom stereocenters. The van der Waals surface area contributed by atoms with Crippen LogP contribution in [0.1, 0.15) is 11.3 Å². The van der Waals surface area contributed by atoms with Crippen LogP contribution in [0.15, 0.2) is 39.2 Å². The maximum atomic E-state index is 11.9. The highest BCUT2D eigenvalue weighted by Gasteiger charge is 2.11. The first kappa shape index (κ1) is 16.9. The summed E-state index contributed by atoms with van der Waals surface area (Å²) in [6.45, 7) is 3.78. The second-order valence-electron chi connectivity index (χ2n) is 4.99. The van der Waals surface area contributed by atoms with E-state index >= 15 is 0 Å². The highest BCUT2D eigenvalue weighted by Crippen LogP contribution is 2.25. The summed E-state index contributed by atoms with van der Waals surface area (Å²) in [5.74, 6) is 1.11. The molecule has 0 spiro atoms. The fourth-order valence-corrected chi connectivity index (χ4v) is 4.15. The van der Waals surface area contributed by atoms with Crippen LogP contribution in [0.2, 0.25) is 0 Å². The van der Waals surface area contributed by atoms with Crippen LogP contribution in [0.4, 0.5) is 5.82 Å². The molecule has 1 N–H and O–H groups in total. The Morgan fingerprint density at radius 3 is 2.92 bits per heavy atom. The van der Waals surface area contributed by atoms with E-state index in [1.807, 2.05) is 31.2 Å². The number of anilines is 1. The fourth-order valence-electron chi connectivity index (χ4n) is 2.00. The van der Waals surface area contributed by atoms with Crippen molar-refractivity contribution in [2.45, 2.75) is 18.2 Å². The van der Waals surface area contributed by atoms with Crippen molar-refractivity contribution in [2.75, 3.05) is 11.1 Å². The summed E-state index contributed by atoms with van der Waals surface area (Å²) in [6, 6.07) is 9.57. The minimum absolute atomic E-state index is 0.170. The molecule has 0 bridgehead atoms. The Morgan fingerprint density at radius 2 is 2.21 bits per heavy atom. The molecule has 9 heteroatoms. The first-order chi connectivity index (χ1) is 11.5. The summed E-state index contributed by atoms with van der Waals surface area (Å²) in [6.07, 6.45) is 0. The van der Waals surface area contributed by atoms with Crippen LogP contribution >= 0.6 is 35.3 Å². The van der Waals surface area contributed by atoms with Crippen LogP contribution in [-0.2, 0) is 4.79 Å². The number of para-hydroxylation sites is 1. The molecule has 3 rings (SSSR count). The third-order valence-corrected chi connectivity index (χ3v) is 5.46. The number of hydrogen-bond donors (Lipinski definition) is 1. The SMILES string of the molecule is Cc1cc(NC(=O)CSc2nn(-c3ccccc3C)c(=S)s2)no1. The lowest BCUT2D eigenvalue weighted by molar-refractivity contribution is -0.113. The van der Waals surface area contributed by atoms with Crippen molar-refractivity contribution in [3.8, 4) is 5.69 Å². The van der Waals surface area contributed by atoms with Gasteiger partial charge in [0.2, 0.25) is 5.91 Å². The molecule has 0 unspecified atom stereocenters. The second kappa shape index (κ2) is 7.29. The van der Waals surface area contributed by atoms with E-state index < -0.39 is 0 Å². The molecule has 0 saturated heterocycles. The van der Waals surface area contributed by atoms with Gasteiger partial charge < -0.3 is 9.84 Å². The van der Waals surface area contributed by atoms with Crippen LogP contribution < -0.4 is 5.32 Å². The molecule has 0 aliphatic rings. The average Bonchev–Trinajstić information content (AvgIpc) is 3.11. The highest BCUT2D eigenvalue weighted by molar-refractivity contribution is 8.01. The van der Waals surface area contributed by atoms with Gasteiger partial charge in [-0.05, 0) is 37.7 Å². The van der Waals surface area contributed by atoms with Crippen LogP contribution in [0.5, 0.6) is 0 Å². The van der Waals surface area contributed by atoms with Crippen molar-refractivity contribution in [1.82, 2.24) is 14.9 Å². The summed E-state index contributed by atoms with van der Waals surface area (Å²) in [5.41, 5.74) is 2.04. The number of carbonyl (C=O) groups is 1. The van der Waals surface area contributed by atoms with E-state index in [-0.39, 0.29) is 11.7 Å². The second-order valence-corrected chi connectivity index (χ2v) is 7.84. The molecule has 24 heavy (non-hydrogen) atoms. The van der Waals surface area contributed by atoms with E-state index in [0.29, 0.717) is 15.5 Å². The molecule has 0 aliphatic carbocycles. The molecule has 0 aliphatic heterocycles. The number of benzene rings is 1. The van der Waals surface area contributed by atoms with Crippen molar-refractivity contribution >= 4 is 47.0 Å². The van der Waals surface area contributed by atoms with E-state index in [4.69, 9.17) is 16.7 Å². The van der Waals surface area contributed by atoms with E-state index in [2.05, 4.69) is 15.6 Å². The Bertz CT molecular complexity index is 929. The third kappa shape index (κ3) is 3.92. The molecule has 2 aromatic heterocycles. The van der Waals surface area contributed by atoms with Gasteiger partial charge in [-0.25, -0.2) is 4.68 Å². The molecule has 0 radical (unpaired) electrons. The molecule has 124 valence electrons. The summed E-state index contributed by atoms with van der Waals surface area (Å²) in [4.78, 5) is 11.9. The van der Waals surface area contributed by atoms with Gasteiger partial charge in [0.15, 0.2) is 14.1 Å². The number of nitrogens with one attached hydrogen (secondary N) is 1. The Morgan fingerprint density at radius 1 is 1.42 bits per heavy atom. The van der Waals surface area contributed by atoms with Crippen molar-refractivity contribution in [1.29, 1.82) is 0 Å². The predicted molar refractivity (Wildman–Crippen MR) is 97.6 cm³/mol. The lowest BCUT2D eigenvalue weighted by Gasteiger charge is -2.04. The third-order valence-electron chi connectivity index (χ3n) is 3.10. The Kier molecular flexibility index (Phi) is 5.12. The maximum Gasteiger partial charge on any atom is 0.236 e. The first-order valence-electron chi connectivity index (χ1n) is 7.05. The van der Waals surface area contributed by atoms with Gasteiger partial charge >= 0.3 is 0 Å². The quantitative estimate of drug-likeness (QED) is 0.534. The molecule has 6 nitrogen and oxygen atoms in total. The number of amides is 1. The number of carbonyl (C=O) groups excluding carboxylic acids is 1.